The lowest BCUT2D eigenvalue weighted by Gasteiger charge is -2.31. The van der Waals surface area contributed by atoms with E-state index in [1.54, 1.807) is 0 Å². The summed E-state index contributed by atoms with van der Waals surface area (Å²) in [6.45, 7) is 1.87. The second-order valence-corrected chi connectivity index (χ2v) is 7.20. The molecule has 134 valence electrons. The molecule has 2 amide bonds. The van der Waals surface area contributed by atoms with Crippen molar-refractivity contribution in [3.8, 4) is 11.1 Å². The molecule has 0 spiro atoms. The van der Waals surface area contributed by atoms with Gasteiger partial charge >= 0.3 is 0 Å². The Morgan fingerprint density at radius 2 is 1.77 bits per heavy atom. The molecule has 4 rings (SSSR count). The summed E-state index contributed by atoms with van der Waals surface area (Å²) >= 11 is 0. The van der Waals surface area contributed by atoms with Gasteiger partial charge in [0.15, 0.2) is 0 Å². The van der Waals surface area contributed by atoms with E-state index in [1.807, 2.05) is 17.0 Å². The van der Waals surface area contributed by atoms with Crippen molar-refractivity contribution < 1.29 is 9.59 Å². The molecule has 0 saturated carbocycles. The highest BCUT2D eigenvalue weighted by Gasteiger charge is 2.23. The largest absolute Gasteiger partial charge is 0.369 e. The van der Waals surface area contributed by atoms with Crippen LogP contribution in [0.3, 0.4) is 0 Å². The standard InChI is InChI=1S/C21H23N3O2/c22-20(25)13-24-9-7-17(8-10-24)23-21(26)15-5-6-19-16(12-15)11-14-3-1-2-4-18(14)19/h1-6,12,17H,7-11,13H2,(H2,22,25)(H,23,26). The van der Waals surface area contributed by atoms with E-state index >= 15 is 0 Å². The number of piperidine rings is 1. The number of benzene rings is 2. The highest BCUT2D eigenvalue weighted by Crippen LogP contribution is 2.36. The fourth-order valence-corrected chi connectivity index (χ4v) is 4.01. The van der Waals surface area contributed by atoms with Crippen LogP contribution in [0.15, 0.2) is 42.5 Å². The van der Waals surface area contributed by atoms with Crippen LogP contribution in [-0.4, -0.2) is 42.4 Å². The monoisotopic (exact) mass is 349 g/mol. The van der Waals surface area contributed by atoms with Gasteiger partial charge in [-0.3, -0.25) is 14.5 Å². The molecule has 1 aliphatic carbocycles. The molecule has 0 radical (unpaired) electrons. The summed E-state index contributed by atoms with van der Waals surface area (Å²) in [5.41, 5.74) is 11.0. The number of primary amides is 1. The van der Waals surface area contributed by atoms with Crippen LogP contribution in [0.1, 0.15) is 34.3 Å². The zero-order valence-electron chi connectivity index (χ0n) is 14.7. The van der Waals surface area contributed by atoms with Gasteiger partial charge in [0, 0.05) is 24.7 Å². The van der Waals surface area contributed by atoms with Crippen LogP contribution in [0.25, 0.3) is 11.1 Å². The first-order valence-electron chi connectivity index (χ1n) is 9.13. The Bertz CT molecular complexity index is 854. The molecule has 5 heteroatoms. The minimum absolute atomic E-state index is 0.0166. The van der Waals surface area contributed by atoms with E-state index in [-0.39, 0.29) is 17.9 Å². The summed E-state index contributed by atoms with van der Waals surface area (Å²) < 4.78 is 0. The smallest absolute Gasteiger partial charge is 0.251 e. The van der Waals surface area contributed by atoms with Crippen molar-refractivity contribution in [2.45, 2.75) is 25.3 Å². The molecule has 1 heterocycles. The highest BCUT2D eigenvalue weighted by molar-refractivity contribution is 5.96. The number of hydrogen-bond donors (Lipinski definition) is 2. The third kappa shape index (κ3) is 3.35. The van der Waals surface area contributed by atoms with E-state index in [1.165, 1.54) is 22.3 Å². The molecule has 2 aromatic carbocycles. The first-order valence-corrected chi connectivity index (χ1v) is 9.13. The fourth-order valence-electron chi connectivity index (χ4n) is 4.01. The number of hydrogen-bond acceptors (Lipinski definition) is 3. The van der Waals surface area contributed by atoms with Gasteiger partial charge in [-0.05, 0) is 53.6 Å². The van der Waals surface area contributed by atoms with E-state index < -0.39 is 0 Å². The quantitative estimate of drug-likeness (QED) is 0.756. The van der Waals surface area contributed by atoms with E-state index in [9.17, 15) is 9.59 Å². The Labute approximate surface area is 153 Å². The Hall–Kier alpha value is -2.66. The Balaban J connectivity index is 1.39. The molecule has 2 aromatic rings. The number of fused-ring (bicyclic) bond motifs is 3. The van der Waals surface area contributed by atoms with Gasteiger partial charge in [-0.15, -0.1) is 0 Å². The first kappa shape index (κ1) is 16.8. The molecule has 26 heavy (non-hydrogen) atoms. The van der Waals surface area contributed by atoms with E-state index in [0.717, 1.165) is 37.9 Å². The van der Waals surface area contributed by atoms with Crippen molar-refractivity contribution in [1.29, 1.82) is 0 Å². The maximum atomic E-state index is 12.6. The number of amides is 2. The molecular formula is C21H23N3O2. The molecule has 0 unspecified atom stereocenters. The molecule has 1 fully saturated rings. The van der Waals surface area contributed by atoms with Crippen molar-refractivity contribution in [2.24, 2.45) is 5.73 Å². The lowest BCUT2D eigenvalue weighted by atomic mass is 10.0. The van der Waals surface area contributed by atoms with Crippen molar-refractivity contribution in [2.75, 3.05) is 19.6 Å². The Morgan fingerprint density at radius 1 is 1.04 bits per heavy atom. The average molecular weight is 349 g/mol. The lowest BCUT2D eigenvalue weighted by molar-refractivity contribution is -0.119. The second-order valence-electron chi connectivity index (χ2n) is 7.20. The van der Waals surface area contributed by atoms with Crippen molar-refractivity contribution in [1.82, 2.24) is 10.2 Å². The maximum absolute atomic E-state index is 12.6. The minimum Gasteiger partial charge on any atom is -0.369 e. The van der Waals surface area contributed by atoms with Crippen LogP contribution in [0.5, 0.6) is 0 Å². The van der Waals surface area contributed by atoms with Gasteiger partial charge in [0.25, 0.3) is 5.91 Å². The third-order valence-corrected chi connectivity index (χ3v) is 5.36. The molecule has 0 aromatic heterocycles. The van der Waals surface area contributed by atoms with Crippen molar-refractivity contribution in [3.05, 3.63) is 59.2 Å². The Morgan fingerprint density at radius 3 is 2.54 bits per heavy atom. The molecule has 3 N–H and O–H groups in total. The number of carbonyl (C=O) groups is 2. The van der Waals surface area contributed by atoms with Crippen LogP contribution in [0, 0.1) is 0 Å². The number of nitrogens with two attached hydrogens (primary N) is 1. The fraction of sp³-hybridized carbons (Fsp3) is 0.333. The summed E-state index contributed by atoms with van der Waals surface area (Å²) in [6.07, 6.45) is 2.57. The number of rotatable bonds is 4. The maximum Gasteiger partial charge on any atom is 0.251 e. The average Bonchev–Trinajstić information content (AvgIpc) is 3.00. The minimum atomic E-state index is -0.299. The summed E-state index contributed by atoms with van der Waals surface area (Å²) in [5.74, 6) is -0.316. The number of nitrogens with zero attached hydrogens (tertiary/aromatic N) is 1. The van der Waals surface area contributed by atoms with Gasteiger partial charge in [-0.25, -0.2) is 0 Å². The van der Waals surface area contributed by atoms with Crippen LogP contribution >= 0.6 is 0 Å². The van der Waals surface area contributed by atoms with E-state index in [0.29, 0.717) is 6.54 Å². The topological polar surface area (TPSA) is 75.4 Å². The van der Waals surface area contributed by atoms with Gasteiger partial charge in [0.2, 0.25) is 5.91 Å². The predicted octanol–water partition coefficient (Wildman–Crippen LogP) is 1.94. The zero-order chi connectivity index (χ0) is 18.1. The van der Waals surface area contributed by atoms with Gasteiger partial charge < -0.3 is 11.1 Å². The highest BCUT2D eigenvalue weighted by atomic mass is 16.2. The predicted molar refractivity (Wildman–Crippen MR) is 101 cm³/mol. The molecule has 5 nitrogen and oxygen atoms in total. The molecule has 2 aliphatic rings. The number of likely N-dealkylation sites (tertiary alicyclic amines) is 1. The molecule has 0 atom stereocenters. The van der Waals surface area contributed by atoms with E-state index in [4.69, 9.17) is 5.73 Å². The second kappa shape index (κ2) is 6.92. The van der Waals surface area contributed by atoms with Gasteiger partial charge in [-0.1, -0.05) is 30.3 Å². The first-order chi connectivity index (χ1) is 12.6. The zero-order valence-corrected chi connectivity index (χ0v) is 14.7. The van der Waals surface area contributed by atoms with Gasteiger partial charge in [0.05, 0.1) is 6.54 Å². The summed E-state index contributed by atoms with van der Waals surface area (Å²) in [7, 11) is 0. The van der Waals surface area contributed by atoms with Gasteiger partial charge in [0.1, 0.15) is 0 Å². The Kier molecular flexibility index (Phi) is 4.47. The van der Waals surface area contributed by atoms with Crippen LogP contribution < -0.4 is 11.1 Å². The molecule has 1 saturated heterocycles. The van der Waals surface area contributed by atoms with Crippen molar-refractivity contribution >= 4 is 11.8 Å². The van der Waals surface area contributed by atoms with E-state index in [2.05, 4.69) is 35.6 Å². The summed E-state index contributed by atoms with van der Waals surface area (Å²) in [6, 6.07) is 14.5. The van der Waals surface area contributed by atoms with Crippen LogP contribution in [-0.2, 0) is 11.2 Å². The summed E-state index contributed by atoms with van der Waals surface area (Å²) in [4.78, 5) is 25.7. The number of nitrogens with one attached hydrogen (secondary N) is 1. The SMILES string of the molecule is NC(=O)CN1CCC(NC(=O)c2ccc3c(c2)Cc2ccccc2-3)CC1. The summed E-state index contributed by atoms with van der Waals surface area (Å²) in [5, 5.41) is 3.14. The molecule has 1 aliphatic heterocycles. The van der Waals surface area contributed by atoms with Gasteiger partial charge in [-0.2, -0.15) is 0 Å². The van der Waals surface area contributed by atoms with Crippen LogP contribution in [0.4, 0.5) is 0 Å². The molecule has 0 bridgehead atoms. The lowest BCUT2D eigenvalue weighted by Crippen LogP contribution is -2.46. The number of carbonyl (C=O) groups excluding carboxylic acids is 2. The van der Waals surface area contributed by atoms with Crippen molar-refractivity contribution in [3.63, 3.8) is 0 Å². The third-order valence-electron chi connectivity index (χ3n) is 5.36. The van der Waals surface area contributed by atoms with Crippen LogP contribution in [0.2, 0.25) is 0 Å². The molecular weight excluding hydrogens is 326 g/mol. The normalized spacial score (nSPS) is 16.8.